The fourth-order valence-corrected chi connectivity index (χ4v) is 1.90. The van der Waals surface area contributed by atoms with Gasteiger partial charge in [0.1, 0.15) is 5.60 Å². The van der Waals surface area contributed by atoms with Gasteiger partial charge in [0.25, 0.3) is 0 Å². The Morgan fingerprint density at radius 3 is 2.75 bits per heavy atom. The summed E-state index contributed by atoms with van der Waals surface area (Å²) in [5.41, 5.74) is -0.413. The molecular weight excluding hydrogens is 204 g/mol. The van der Waals surface area contributed by atoms with E-state index in [0.29, 0.717) is 11.8 Å². The van der Waals surface area contributed by atoms with Gasteiger partial charge in [0.15, 0.2) is 0 Å². The number of rotatable bonds is 2. The van der Waals surface area contributed by atoms with Crippen LogP contribution in [0.25, 0.3) is 0 Å². The van der Waals surface area contributed by atoms with Crippen molar-refractivity contribution < 1.29 is 9.53 Å². The Kier molecular flexibility index (Phi) is 4.59. The van der Waals surface area contributed by atoms with Crippen LogP contribution in [-0.2, 0) is 4.74 Å². The van der Waals surface area contributed by atoms with Crippen LogP contribution in [0.5, 0.6) is 0 Å². The third kappa shape index (κ3) is 4.84. The molecule has 4 nitrogen and oxygen atoms in total. The van der Waals surface area contributed by atoms with Gasteiger partial charge in [-0.05, 0) is 52.1 Å². The van der Waals surface area contributed by atoms with E-state index in [9.17, 15) is 4.79 Å². The number of hydrogen-bond acceptors (Lipinski definition) is 3. The molecule has 0 bridgehead atoms. The lowest BCUT2D eigenvalue weighted by Gasteiger charge is -2.30. The minimum Gasteiger partial charge on any atom is -0.444 e. The summed E-state index contributed by atoms with van der Waals surface area (Å²) in [4.78, 5) is 11.5. The number of carbonyl (C=O) groups excluding carboxylic acids is 1. The van der Waals surface area contributed by atoms with E-state index in [2.05, 4.69) is 17.6 Å². The molecule has 0 aromatic rings. The number of carbonyl (C=O) groups is 1. The highest BCUT2D eigenvalue weighted by Crippen LogP contribution is 2.17. The van der Waals surface area contributed by atoms with Crippen LogP contribution in [0.3, 0.4) is 0 Å². The lowest BCUT2D eigenvalue weighted by atomic mass is 9.88. The molecular formula is C12H24N2O2. The van der Waals surface area contributed by atoms with Gasteiger partial charge in [-0.3, -0.25) is 0 Å². The number of ether oxygens (including phenoxy) is 1. The van der Waals surface area contributed by atoms with Gasteiger partial charge in [-0.1, -0.05) is 6.92 Å². The Balaban J connectivity index is 2.25. The molecule has 0 aromatic heterocycles. The molecule has 0 aromatic carbocycles. The van der Waals surface area contributed by atoms with Crippen molar-refractivity contribution in [1.29, 1.82) is 0 Å². The van der Waals surface area contributed by atoms with E-state index in [0.717, 1.165) is 26.1 Å². The summed E-state index contributed by atoms with van der Waals surface area (Å²) in [7, 11) is 0. The molecule has 1 fully saturated rings. The normalized spacial score (nSPS) is 26.2. The molecule has 1 aliphatic heterocycles. The van der Waals surface area contributed by atoms with Crippen LogP contribution in [0, 0.1) is 11.8 Å². The highest BCUT2D eigenvalue weighted by Gasteiger charge is 2.22. The van der Waals surface area contributed by atoms with Crippen LogP contribution in [-0.4, -0.2) is 31.3 Å². The van der Waals surface area contributed by atoms with E-state index in [1.54, 1.807) is 0 Å². The maximum Gasteiger partial charge on any atom is 0.407 e. The maximum atomic E-state index is 11.5. The molecule has 1 heterocycles. The van der Waals surface area contributed by atoms with Crippen molar-refractivity contribution in [2.75, 3.05) is 19.6 Å². The average molecular weight is 228 g/mol. The fraction of sp³-hybridized carbons (Fsp3) is 0.917. The van der Waals surface area contributed by atoms with Gasteiger partial charge < -0.3 is 15.4 Å². The molecule has 1 saturated heterocycles. The molecule has 2 N–H and O–H groups in total. The van der Waals surface area contributed by atoms with Gasteiger partial charge in [-0.15, -0.1) is 0 Å². The van der Waals surface area contributed by atoms with Crippen molar-refractivity contribution in [1.82, 2.24) is 10.6 Å². The van der Waals surface area contributed by atoms with Gasteiger partial charge in [0, 0.05) is 6.54 Å². The van der Waals surface area contributed by atoms with Crippen molar-refractivity contribution >= 4 is 6.09 Å². The summed E-state index contributed by atoms with van der Waals surface area (Å²) in [6.07, 6.45) is 0.815. The summed E-state index contributed by atoms with van der Waals surface area (Å²) in [5.74, 6) is 1.18. The molecule has 1 aliphatic rings. The second-order valence-corrected chi connectivity index (χ2v) is 5.61. The van der Waals surface area contributed by atoms with Crippen molar-refractivity contribution in [3.63, 3.8) is 0 Å². The van der Waals surface area contributed by atoms with Gasteiger partial charge in [0.2, 0.25) is 0 Å². The zero-order valence-electron chi connectivity index (χ0n) is 10.8. The average Bonchev–Trinajstić information content (AvgIpc) is 2.14. The number of hydrogen-bond donors (Lipinski definition) is 2. The Morgan fingerprint density at radius 1 is 1.50 bits per heavy atom. The van der Waals surface area contributed by atoms with Gasteiger partial charge >= 0.3 is 6.09 Å². The zero-order chi connectivity index (χ0) is 12.2. The SMILES string of the molecule is C[C@@H]1CNCC[C@@H]1CNC(=O)OC(C)(C)C. The van der Waals surface area contributed by atoms with Crippen LogP contribution < -0.4 is 10.6 Å². The van der Waals surface area contributed by atoms with Crippen molar-refractivity contribution in [2.24, 2.45) is 11.8 Å². The topological polar surface area (TPSA) is 50.4 Å². The minimum atomic E-state index is -0.413. The molecule has 16 heavy (non-hydrogen) atoms. The van der Waals surface area contributed by atoms with E-state index < -0.39 is 5.60 Å². The van der Waals surface area contributed by atoms with E-state index >= 15 is 0 Å². The fourth-order valence-electron chi connectivity index (χ4n) is 1.90. The highest BCUT2D eigenvalue weighted by atomic mass is 16.6. The minimum absolute atomic E-state index is 0.307. The second kappa shape index (κ2) is 5.53. The predicted molar refractivity (Wildman–Crippen MR) is 64.4 cm³/mol. The van der Waals surface area contributed by atoms with Crippen LogP contribution in [0.1, 0.15) is 34.1 Å². The second-order valence-electron chi connectivity index (χ2n) is 5.61. The highest BCUT2D eigenvalue weighted by molar-refractivity contribution is 5.67. The smallest absolute Gasteiger partial charge is 0.407 e. The molecule has 0 unspecified atom stereocenters. The first-order valence-corrected chi connectivity index (χ1v) is 6.06. The van der Waals surface area contributed by atoms with Crippen molar-refractivity contribution in [3.8, 4) is 0 Å². The Morgan fingerprint density at radius 2 is 2.19 bits per heavy atom. The third-order valence-corrected chi connectivity index (χ3v) is 2.87. The third-order valence-electron chi connectivity index (χ3n) is 2.87. The van der Waals surface area contributed by atoms with Gasteiger partial charge in [-0.2, -0.15) is 0 Å². The first kappa shape index (κ1) is 13.3. The summed E-state index contributed by atoms with van der Waals surface area (Å²) in [6.45, 7) is 10.6. The summed E-state index contributed by atoms with van der Waals surface area (Å²) >= 11 is 0. The standard InChI is InChI=1S/C12H24N2O2/c1-9-7-13-6-5-10(9)8-14-11(15)16-12(2,3)4/h9-10,13H,5-8H2,1-4H3,(H,14,15)/t9-,10-/m1/s1. The Labute approximate surface area is 98.1 Å². The van der Waals surface area contributed by atoms with Crippen LogP contribution in [0.4, 0.5) is 4.79 Å². The van der Waals surface area contributed by atoms with Crippen molar-refractivity contribution in [2.45, 2.75) is 39.7 Å². The quantitative estimate of drug-likeness (QED) is 0.757. The van der Waals surface area contributed by atoms with Crippen LogP contribution in [0.15, 0.2) is 0 Å². The molecule has 1 rings (SSSR count). The number of nitrogens with one attached hydrogen (secondary N) is 2. The maximum absolute atomic E-state index is 11.5. The first-order chi connectivity index (χ1) is 7.38. The van der Waals surface area contributed by atoms with E-state index in [1.807, 2.05) is 20.8 Å². The molecule has 0 aliphatic carbocycles. The molecule has 2 atom stereocenters. The van der Waals surface area contributed by atoms with E-state index in [1.165, 1.54) is 0 Å². The van der Waals surface area contributed by atoms with Crippen molar-refractivity contribution in [3.05, 3.63) is 0 Å². The molecule has 0 saturated carbocycles. The molecule has 4 heteroatoms. The lowest BCUT2D eigenvalue weighted by Crippen LogP contribution is -2.42. The molecule has 0 spiro atoms. The van der Waals surface area contributed by atoms with Crippen LogP contribution in [0.2, 0.25) is 0 Å². The van der Waals surface area contributed by atoms with E-state index in [4.69, 9.17) is 4.74 Å². The molecule has 1 amide bonds. The predicted octanol–water partition coefficient (Wildman–Crippen LogP) is 1.76. The van der Waals surface area contributed by atoms with Crippen LogP contribution >= 0.6 is 0 Å². The Hall–Kier alpha value is -0.770. The molecule has 94 valence electrons. The number of amides is 1. The van der Waals surface area contributed by atoms with Gasteiger partial charge in [-0.25, -0.2) is 4.79 Å². The van der Waals surface area contributed by atoms with Gasteiger partial charge in [0.05, 0.1) is 0 Å². The summed E-state index contributed by atoms with van der Waals surface area (Å²) in [6, 6.07) is 0. The lowest BCUT2D eigenvalue weighted by molar-refractivity contribution is 0.0510. The first-order valence-electron chi connectivity index (χ1n) is 6.06. The summed E-state index contributed by atoms with van der Waals surface area (Å²) < 4.78 is 5.20. The number of alkyl carbamates (subject to hydrolysis) is 1. The molecule has 0 radical (unpaired) electrons. The van der Waals surface area contributed by atoms with E-state index in [-0.39, 0.29) is 6.09 Å². The zero-order valence-corrected chi connectivity index (χ0v) is 10.8. The monoisotopic (exact) mass is 228 g/mol. The summed E-state index contributed by atoms with van der Waals surface area (Å²) in [5, 5.41) is 6.20. The largest absolute Gasteiger partial charge is 0.444 e. The number of piperidine rings is 1. The Bertz CT molecular complexity index is 236.